The van der Waals surface area contributed by atoms with Crippen LogP contribution >= 0.6 is 15.9 Å². The summed E-state index contributed by atoms with van der Waals surface area (Å²) in [5.41, 5.74) is 2.19. The van der Waals surface area contributed by atoms with Crippen LogP contribution in [0.5, 0.6) is 0 Å². The van der Waals surface area contributed by atoms with E-state index in [-0.39, 0.29) is 12.0 Å². The van der Waals surface area contributed by atoms with Gasteiger partial charge < -0.3 is 9.73 Å². The molecule has 0 spiro atoms. The molecule has 4 heteroatoms. The lowest BCUT2D eigenvalue weighted by atomic mass is 9.93. The smallest absolute Gasteiger partial charge is 0.173 e. The molecule has 0 aromatic carbocycles. The lowest BCUT2D eigenvalue weighted by molar-refractivity contribution is 0.477. The number of halogens is 1. The van der Waals surface area contributed by atoms with Crippen molar-refractivity contribution < 1.29 is 4.42 Å². The van der Waals surface area contributed by atoms with Crippen molar-refractivity contribution in [1.29, 1.82) is 0 Å². The number of furan rings is 1. The van der Waals surface area contributed by atoms with E-state index in [1.807, 2.05) is 37.5 Å². The summed E-state index contributed by atoms with van der Waals surface area (Å²) < 4.78 is 6.07. The molecule has 90 valence electrons. The van der Waals surface area contributed by atoms with E-state index in [0.29, 0.717) is 0 Å². The Morgan fingerprint density at radius 3 is 2.71 bits per heavy atom. The number of nitrogens with zero attached hydrogens (tertiary/aromatic N) is 1. The van der Waals surface area contributed by atoms with Gasteiger partial charge in [0.1, 0.15) is 0 Å². The molecule has 0 aliphatic rings. The molecule has 3 nitrogen and oxygen atoms in total. The monoisotopic (exact) mass is 294 g/mol. The minimum Gasteiger partial charge on any atom is -0.457 e. The average Bonchev–Trinajstić information content (AvgIpc) is 2.78. The summed E-state index contributed by atoms with van der Waals surface area (Å²) >= 11 is 3.42. The van der Waals surface area contributed by atoms with Crippen LogP contribution in [0, 0.1) is 0 Å². The highest BCUT2D eigenvalue weighted by Crippen LogP contribution is 2.33. The molecule has 2 rings (SSSR count). The van der Waals surface area contributed by atoms with Crippen LogP contribution in [0.1, 0.15) is 30.1 Å². The van der Waals surface area contributed by atoms with Gasteiger partial charge in [0, 0.05) is 29.4 Å². The third kappa shape index (κ3) is 2.58. The number of rotatable bonds is 4. The number of aromatic nitrogens is 1. The quantitative estimate of drug-likeness (QED) is 0.938. The first kappa shape index (κ1) is 12.3. The first-order valence-corrected chi connectivity index (χ1v) is 6.34. The Kier molecular flexibility index (Phi) is 3.97. The van der Waals surface area contributed by atoms with Gasteiger partial charge in [0.05, 0.1) is 6.26 Å². The Balaban J connectivity index is 2.28. The molecule has 17 heavy (non-hydrogen) atoms. The molecular formula is C13H15BrN2O. The normalized spacial score (nSPS) is 14.5. The van der Waals surface area contributed by atoms with Gasteiger partial charge in [0.2, 0.25) is 0 Å². The van der Waals surface area contributed by atoms with Crippen LogP contribution < -0.4 is 5.32 Å². The zero-order valence-corrected chi connectivity index (χ0v) is 11.4. The SMILES string of the molecule is CNC(c1ccoc1Br)C(C)c1ccccn1. The molecule has 2 aromatic rings. The lowest BCUT2D eigenvalue weighted by Crippen LogP contribution is -2.22. The highest BCUT2D eigenvalue weighted by atomic mass is 79.9. The van der Waals surface area contributed by atoms with Crippen LogP contribution in [0.3, 0.4) is 0 Å². The van der Waals surface area contributed by atoms with Gasteiger partial charge in [-0.15, -0.1) is 0 Å². The molecule has 0 saturated heterocycles. The van der Waals surface area contributed by atoms with Gasteiger partial charge in [0.15, 0.2) is 4.67 Å². The van der Waals surface area contributed by atoms with E-state index in [4.69, 9.17) is 4.42 Å². The molecule has 0 aliphatic heterocycles. The van der Waals surface area contributed by atoms with E-state index in [1.54, 1.807) is 6.26 Å². The molecule has 0 aliphatic carbocycles. The number of hydrogen-bond acceptors (Lipinski definition) is 3. The zero-order chi connectivity index (χ0) is 12.3. The third-order valence-electron chi connectivity index (χ3n) is 2.95. The van der Waals surface area contributed by atoms with Crippen molar-refractivity contribution in [3.05, 3.63) is 52.7 Å². The molecule has 2 aromatic heterocycles. The Hall–Kier alpha value is -1.13. The Bertz CT molecular complexity index is 469. The summed E-state index contributed by atoms with van der Waals surface area (Å²) in [4.78, 5) is 4.40. The highest BCUT2D eigenvalue weighted by molar-refractivity contribution is 9.10. The van der Waals surface area contributed by atoms with Crippen LogP contribution in [0.25, 0.3) is 0 Å². The predicted molar refractivity (Wildman–Crippen MR) is 70.9 cm³/mol. The van der Waals surface area contributed by atoms with Crippen molar-refractivity contribution >= 4 is 15.9 Å². The molecule has 0 amide bonds. The second-order valence-electron chi connectivity index (χ2n) is 3.96. The van der Waals surface area contributed by atoms with Gasteiger partial charge in [0.25, 0.3) is 0 Å². The third-order valence-corrected chi connectivity index (χ3v) is 3.59. The van der Waals surface area contributed by atoms with Gasteiger partial charge in [-0.1, -0.05) is 13.0 Å². The van der Waals surface area contributed by atoms with Crippen molar-refractivity contribution in [2.24, 2.45) is 0 Å². The first-order valence-electron chi connectivity index (χ1n) is 5.55. The number of likely N-dealkylation sites (N-methyl/N-ethyl adjacent to an activating group) is 1. The van der Waals surface area contributed by atoms with Gasteiger partial charge in [-0.2, -0.15) is 0 Å². The first-order chi connectivity index (χ1) is 8.24. The van der Waals surface area contributed by atoms with Crippen molar-refractivity contribution in [2.75, 3.05) is 7.05 Å². The molecule has 1 N–H and O–H groups in total. The van der Waals surface area contributed by atoms with Crippen molar-refractivity contribution in [1.82, 2.24) is 10.3 Å². The highest BCUT2D eigenvalue weighted by Gasteiger charge is 2.23. The largest absolute Gasteiger partial charge is 0.457 e. The maximum atomic E-state index is 5.29. The minimum atomic E-state index is 0.179. The molecule has 2 atom stereocenters. The molecule has 0 bridgehead atoms. The lowest BCUT2D eigenvalue weighted by Gasteiger charge is -2.22. The Morgan fingerprint density at radius 1 is 1.35 bits per heavy atom. The summed E-state index contributed by atoms with van der Waals surface area (Å²) in [7, 11) is 1.95. The van der Waals surface area contributed by atoms with Crippen molar-refractivity contribution in [2.45, 2.75) is 18.9 Å². The van der Waals surface area contributed by atoms with Crippen LogP contribution in [0.4, 0.5) is 0 Å². The van der Waals surface area contributed by atoms with E-state index < -0.39 is 0 Å². The van der Waals surface area contributed by atoms with E-state index in [2.05, 4.69) is 33.2 Å². The maximum Gasteiger partial charge on any atom is 0.173 e. The van der Waals surface area contributed by atoms with Crippen LogP contribution in [-0.2, 0) is 0 Å². The van der Waals surface area contributed by atoms with Gasteiger partial charge >= 0.3 is 0 Å². The Labute approximate surface area is 109 Å². The number of pyridine rings is 1. The van der Waals surface area contributed by atoms with E-state index >= 15 is 0 Å². The summed E-state index contributed by atoms with van der Waals surface area (Å²) in [6, 6.07) is 8.14. The maximum absolute atomic E-state index is 5.29. The van der Waals surface area contributed by atoms with E-state index in [9.17, 15) is 0 Å². The zero-order valence-electron chi connectivity index (χ0n) is 9.85. The van der Waals surface area contributed by atoms with E-state index in [1.165, 1.54) is 0 Å². The Morgan fingerprint density at radius 2 is 2.18 bits per heavy atom. The van der Waals surface area contributed by atoms with Crippen LogP contribution in [0.15, 0.2) is 45.8 Å². The summed E-state index contributed by atoms with van der Waals surface area (Å²) in [6.07, 6.45) is 3.51. The standard InChI is InChI=1S/C13H15BrN2O/c1-9(11-5-3-4-7-16-11)12(15-2)10-6-8-17-13(10)14/h3-9,12,15H,1-2H3. The van der Waals surface area contributed by atoms with E-state index in [0.717, 1.165) is 15.9 Å². The molecule has 2 unspecified atom stereocenters. The van der Waals surface area contributed by atoms with Crippen molar-refractivity contribution in [3.63, 3.8) is 0 Å². The predicted octanol–water partition coefficient (Wildman–Crippen LogP) is 3.50. The molecule has 0 fully saturated rings. The number of hydrogen-bond donors (Lipinski definition) is 1. The topological polar surface area (TPSA) is 38.1 Å². The second kappa shape index (κ2) is 5.47. The summed E-state index contributed by atoms with van der Waals surface area (Å²) in [6.45, 7) is 2.16. The average molecular weight is 295 g/mol. The van der Waals surface area contributed by atoms with Crippen LogP contribution in [0.2, 0.25) is 0 Å². The molecule has 0 saturated carbocycles. The molecule has 0 radical (unpaired) electrons. The number of nitrogens with one attached hydrogen (secondary N) is 1. The summed E-state index contributed by atoms with van der Waals surface area (Å²) in [5, 5.41) is 3.31. The van der Waals surface area contributed by atoms with Gasteiger partial charge in [-0.25, -0.2) is 0 Å². The van der Waals surface area contributed by atoms with Gasteiger partial charge in [-0.05, 0) is 41.2 Å². The van der Waals surface area contributed by atoms with Gasteiger partial charge in [-0.3, -0.25) is 4.98 Å². The second-order valence-corrected chi connectivity index (χ2v) is 4.68. The fourth-order valence-corrected chi connectivity index (χ4v) is 2.50. The van der Waals surface area contributed by atoms with Crippen molar-refractivity contribution in [3.8, 4) is 0 Å². The minimum absolute atomic E-state index is 0.179. The fraction of sp³-hybridized carbons (Fsp3) is 0.308. The van der Waals surface area contributed by atoms with Crippen LogP contribution in [-0.4, -0.2) is 12.0 Å². The molecular weight excluding hydrogens is 280 g/mol. The summed E-state index contributed by atoms with van der Waals surface area (Å²) in [5.74, 6) is 0.273. The molecule has 2 heterocycles. The fourth-order valence-electron chi connectivity index (χ4n) is 2.02.